The molecule has 0 unspecified atom stereocenters. The molecule has 168 valence electrons. The monoisotopic (exact) mass is 441 g/mol. The molecule has 1 aliphatic carbocycles. The summed E-state index contributed by atoms with van der Waals surface area (Å²) in [6, 6.07) is 15.6. The van der Waals surface area contributed by atoms with Crippen LogP contribution in [-0.4, -0.2) is 29.0 Å². The number of furan rings is 1. The lowest BCUT2D eigenvalue weighted by Crippen LogP contribution is -2.36. The summed E-state index contributed by atoms with van der Waals surface area (Å²) in [5.74, 6) is 0.834. The smallest absolute Gasteiger partial charge is 0.290 e. The van der Waals surface area contributed by atoms with Crippen LogP contribution in [0.25, 0.3) is 0 Å². The molecule has 2 aliphatic rings. The number of fused-ring (bicyclic) bond motifs is 2. The first-order chi connectivity index (χ1) is 16.0. The van der Waals surface area contributed by atoms with E-state index in [1.54, 1.807) is 12.1 Å². The number of hydrogen-bond donors (Lipinski definition) is 1. The molecule has 2 aromatic carbocycles. The van der Waals surface area contributed by atoms with Crippen LogP contribution in [0, 0.1) is 13.8 Å². The number of nitrogens with zero attached hydrogens (tertiary/aromatic N) is 2. The van der Waals surface area contributed by atoms with E-state index in [2.05, 4.69) is 22.7 Å². The van der Waals surface area contributed by atoms with E-state index in [0.29, 0.717) is 24.4 Å². The van der Waals surface area contributed by atoms with Gasteiger partial charge in [0, 0.05) is 36.2 Å². The molecule has 0 atom stereocenters. The first-order valence-electron chi connectivity index (χ1n) is 11.4. The first-order valence-corrected chi connectivity index (χ1v) is 11.4. The molecule has 1 aromatic heterocycles. The maximum Gasteiger partial charge on any atom is 0.290 e. The first kappa shape index (κ1) is 21.2. The van der Waals surface area contributed by atoms with E-state index in [1.165, 1.54) is 11.1 Å². The molecule has 6 heteroatoms. The third kappa shape index (κ3) is 4.09. The maximum atomic E-state index is 13.4. The highest BCUT2D eigenvalue weighted by Gasteiger charge is 2.31. The molecule has 0 saturated carbocycles. The van der Waals surface area contributed by atoms with Crippen molar-refractivity contribution in [2.45, 2.75) is 46.1 Å². The summed E-state index contributed by atoms with van der Waals surface area (Å²) >= 11 is 0. The van der Waals surface area contributed by atoms with Gasteiger partial charge in [0.05, 0.1) is 5.71 Å². The largest absolute Gasteiger partial charge is 0.455 e. The minimum Gasteiger partial charge on any atom is -0.455 e. The Morgan fingerprint density at radius 1 is 0.970 bits per heavy atom. The molecule has 0 spiro atoms. The Labute approximate surface area is 193 Å². The van der Waals surface area contributed by atoms with Crippen molar-refractivity contribution >= 4 is 17.5 Å². The molecule has 2 amide bonds. The molecule has 5 rings (SSSR count). The molecule has 6 nitrogen and oxygen atoms in total. The van der Waals surface area contributed by atoms with Crippen molar-refractivity contribution in [3.05, 3.63) is 93.4 Å². The number of nitrogens with one attached hydrogen (secondary N) is 1. The van der Waals surface area contributed by atoms with Crippen LogP contribution in [0.15, 0.2) is 58.0 Å². The SMILES string of the molecule is Cc1ccc(C(=O)N/N=C2\CCCc3oc(C(=O)N4CCc5ccccc5C4)c(C)c32)cc1. The van der Waals surface area contributed by atoms with Crippen LogP contribution in [0.2, 0.25) is 0 Å². The van der Waals surface area contributed by atoms with Gasteiger partial charge in [-0.05, 0) is 56.4 Å². The number of hydrogen-bond acceptors (Lipinski definition) is 4. The van der Waals surface area contributed by atoms with Gasteiger partial charge in [-0.15, -0.1) is 0 Å². The second-order valence-electron chi connectivity index (χ2n) is 8.82. The van der Waals surface area contributed by atoms with Crippen LogP contribution in [0.5, 0.6) is 0 Å². The quantitative estimate of drug-likeness (QED) is 0.605. The Kier molecular flexibility index (Phi) is 5.58. The van der Waals surface area contributed by atoms with Gasteiger partial charge in [0.15, 0.2) is 5.76 Å². The number of benzene rings is 2. The zero-order chi connectivity index (χ0) is 22.9. The summed E-state index contributed by atoms with van der Waals surface area (Å²) in [7, 11) is 0. The van der Waals surface area contributed by atoms with Crippen molar-refractivity contribution in [2.75, 3.05) is 6.54 Å². The van der Waals surface area contributed by atoms with Crippen molar-refractivity contribution < 1.29 is 14.0 Å². The molecule has 0 bridgehead atoms. The molecule has 0 fully saturated rings. The standard InChI is InChI=1S/C27H27N3O3/c1-17-10-12-20(13-11-17)26(31)29-28-22-8-5-9-23-24(22)18(2)25(33-23)27(32)30-15-14-19-6-3-4-7-21(19)16-30/h3-4,6-7,10-13H,5,8-9,14-16H2,1-2H3,(H,29,31)/b28-22+. The summed E-state index contributed by atoms with van der Waals surface area (Å²) in [6.07, 6.45) is 3.20. The number of amides is 2. The highest BCUT2D eigenvalue weighted by molar-refractivity contribution is 6.07. The Bertz CT molecular complexity index is 1250. The van der Waals surface area contributed by atoms with Gasteiger partial charge in [-0.25, -0.2) is 5.43 Å². The molecule has 0 radical (unpaired) electrons. The highest BCUT2D eigenvalue weighted by Crippen LogP contribution is 2.31. The van der Waals surface area contributed by atoms with E-state index in [1.807, 2.05) is 43.0 Å². The third-order valence-electron chi connectivity index (χ3n) is 6.54. The summed E-state index contributed by atoms with van der Waals surface area (Å²) in [4.78, 5) is 27.7. The molecular weight excluding hydrogens is 414 g/mol. The third-order valence-corrected chi connectivity index (χ3v) is 6.54. The number of carbonyl (C=O) groups is 2. The molecule has 1 aliphatic heterocycles. The zero-order valence-corrected chi connectivity index (χ0v) is 19.0. The van der Waals surface area contributed by atoms with Crippen LogP contribution < -0.4 is 5.43 Å². The van der Waals surface area contributed by atoms with Gasteiger partial charge in [0.25, 0.3) is 11.8 Å². The molecule has 1 N–H and O–H groups in total. The minimum absolute atomic E-state index is 0.0838. The fraction of sp³-hybridized carbons (Fsp3) is 0.296. The van der Waals surface area contributed by atoms with Gasteiger partial charge >= 0.3 is 0 Å². The van der Waals surface area contributed by atoms with Crippen molar-refractivity contribution in [3.63, 3.8) is 0 Å². The lowest BCUT2D eigenvalue weighted by atomic mass is 9.93. The Balaban J connectivity index is 1.38. The van der Waals surface area contributed by atoms with E-state index >= 15 is 0 Å². The van der Waals surface area contributed by atoms with Gasteiger partial charge in [0.2, 0.25) is 0 Å². The number of aryl methyl sites for hydroxylation is 2. The second-order valence-corrected chi connectivity index (χ2v) is 8.82. The summed E-state index contributed by atoms with van der Waals surface area (Å²) in [6.45, 7) is 5.16. The van der Waals surface area contributed by atoms with Crippen LogP contribution in [0.3, 0.4) is 0 Å². The summed E-state index contributed by atoms with van der Waals surface area (Å²) in [5, 5.41) is 4.43. The molecular formula is C27H27N3O3. The zero-order valence-electron chi connectivity index (χ0n) is 19.0. The average Bonchev–Trinajstić information content (AvgIpc) is 3.19. The predicted octanol–water partition coefficient (Wildman–Crippen LogP) is 4.57. The normalized spacial score (nSPS) is 16.3. The fourth-order valence-electron chi connectivity index (χ4n) is 4.68. The van der Waals surface area contributed by atoms with E-state index in [-0.39, 0.29) is 11.8 Å². The second kappa shape index (κ2) is 8.70. The Hall–Kier alpha value is -3.67. The van der Waals surface area contributed by atoms with Crippen LogP contribution in [0.1, 0.15) is 67.3 Å². The Morgan fingerprint density at radius 3 is 2.52 bits per heavy atom. The van der Waals surface area contributed by atoms with Gasteiger partial charge < -0.3 is 9.32 Å². The summed E-state index contributed by atoms with van der Waals surface area (Å²) in [5.41, 5.74) is 9.26. The topological polar surface area (TPSA) is 74.9 Å². The van der Waals surface area contributed by atoms with Crippen LogP contribution >= 0.6 is 0 Å². The highest BCUT2D eigenvalue weighted by atomic mass is 16.4. The lowest BCUT2D eigenvalue weighted by molar-refractivity contribution is 0.0699. The number of hydrazone groups is 1. The van der Waals surface area contributed by atoms with Gasteiger partial charge in [-0.1, -0.05) is 42.0 Å². The van der Waals surface area contributed by atoms with Crippen molar-refractivity contribution in [1.82, 2.24) is 10.3 Å². The maximum absolute atomic E-state index is 13.4. The molecule has 2 heterocycles. The summed E-state index contributed by atoms with van der Waals surface area (Å²) < 4.78 is 6.09. The van der Waals surface area contributed by atoms with Crippen LogP contribution in [-0.2, 0) is 19.4 Å². The van der Waals surface area contributed by atoms with E-state index < -0.39 is 0 Å². The van der Waals surface area contributed by atoms with Crippen molar-refractivity contribution in [2.24, 2.45) is 5.10 Å². The molecule has 33 heavy (non-hydrogen) atoms. The van der Waals surface area contributed by atoms with Gasteiger partial charge in [-0.2, -0.15) is 5.10 Å². The van der Waals surface area contributed by atoms with Gasteiger partial charge in [0.1, 0.15) is 5.76 Å². The molecule has 0 saturated heterocycles. The number of carbonyl (C=O) groups excluding carboxylic acids is 2. The minimum atomic E-state index is -0.251. The van der Waals surface area contributed by atoms with E-state index in [9.17, 15) is 9.59 Å². The Morgan fingerprint density at radius 2 is 1.73 bits per heavy atom. The lowest BCUT2D eigenvalue weighted by Gasteiger charge is -2.28. The number of rotatable bonds is 3. The van der Waals surface area contributed by atoms with E-state index in [0.717, 1.165) is 53.8 Å². The van der Waals surface area contributed by atoms with E-state index in [4.69, 9.17) is 4.42 Å². The van der Waals surface area contributed by atoms with Crippen molar-refractivity contribution in [3.8, 4) is 0 Å². The fourth-order valence-corrected chi connectivity index (χ4v) is 4.68. The van der Waals surface area contributed by atoms with Gasteiger partial charge in [-0.3, -0.25) is 9.59 Å². The predicted molar refractivity (Wildman–Crippen MR) is 126 cm³/mol. The van der Waals surface area contributed by atoms with Crippen LogP contribution in [0.4, 0.5) is 0 Å². The average molecular weight is 442 g/mol. The molecule has 3 aromatic rings. The van der Waals surface area contributed by atoms with Crippen molar-refractivity contribution in [1.29, 1.82) is 0 Å².